The fraction of sp³-hybridized carbons (Fsp3) is 0.222. The molecule has 0 radical (unpaired) electrons. The van der Waals surface area contributed by atoms with Gasteiger partial charge in [-0.3, -0.25) is 0 Å². The Balaban J connectivity index is 1.67. The van der Waals surface area contributed by atoms with Crippen LogP contribution >= 0.6 is 0 Å². The Morgan fingerprint density at radius 2 is 2.08 bits per heavy atom. The van der Waals surface area contributed by atoms with Gasteiger partial charge in [0.1, 0.15) is 11.6 Å². The number of hydrogen-bond donors (Lipinski definition) is 3. The molecule has 3 rings (SSSR count). The molecule has 26 heavy (non-hydrogen) atoms. The minimum Gasteiger partial charge on any atom is -0.371 e. The Hall–Kier alpha value is -3.02. The van der Waals surface area contributed by atoms with Crippen LogP contribution in [0, 0.1) is 23.0 Å². The van der Waals surface area contributed by atoms with Gasteiger partial charge in [-0.15, -0.1) is 0 Å². The van der Waals surface area contributed by atoms with Crippen LogP contribution < -0.4 is 16.0 Å². The monoisotopic (exact) mass is 358 g/mol. The Bertz CT molecular complexity index is 861. The van der Waals surface area contributed by atoms with Crippen molar-refractivity contribution in [2.75, 3.05) is 30.3 Å². The summed E-state index contributed by atoms with van der Waals surface area (Å²) >= 11 is 0. The summed E-state index contributed by atoms with van der Waals surface area (Å²) in [5, 5.41) is 16.7. The van der Waals surface area contributed by atoms with Crippen molar-refractivity contribution < 1.29 is 18.3 Å². The van der Waals surface area contributed by atoms with Crippen molar-refractivity contribution in [3.05, 3.63) is 59.2 Å². The van der Waals surface area contributed by atoms with E-state index in [9.17, 15) is 13.6 Å². The molecule has 1 heterocycles. The first-order chi connectivity index (χ1) is 12.5. The fourth-order valence-corrected chi connectivity index (χ4v) is 2.62. The highest BCUT2D eigenvalue weighted by Gasteiger charge is 2.17. The summed E-state index contributed by atoms with van der Waals surface area (Å²) in [5.74, 6) is -1.26. The predicted octanol–water partition coefficient (Wildman–Crippen LogP) is 3.14. The second-order valence-electron chi connectivity index (χ2n) is 5.72. The molecule has 1 saturated heterocycles. The molecule has 0 bridgehead atoms. The van der Waals surface area contributed by atoms with Crippen molar-refractivity contribution in [1.82, 2.24) is 5.32 Å². The maximum Gasteiger partial charge on any atom is 0.323 e. The molecular formula is C18H16F2N4O2. The number of morpholine rings is 1. The molecule has 1 aliphatic heterocycles. The molecule has 0 unspecified atom stereocenters. The van der Waals surface area contributed by atoms with Crippen LogP contribution in [0.15, 0.2) is 36.4 Å². The number of nitriles is 1. The van der Waals surface area contributed by atoms with Gasteiger partial charge in [0.2, 0.25) is 0 Å². The first kappa shape index (κ1) is 17.8. The molecule has 134 valence electrons. The lowest BCUT2D eigenvalue weighted by molar-refractivity contribution is 0.0275. The van der Waals surface area contributed by atoms with Gasteiger partial charge in [-0.25, -0.2) is 13.6 Å². The number of urea groups is 1. The van der Waals surface area contributed by atoms with Crippen LogP contribution in [0.3, 0.4) is 0 Å². The highest BCUT2D eigenvalue weighted by atomic mass is 19.1. The van der Waals surface area contributed by atoms with Gasteiger partial charge in [0.05, 0.1) is 30.0 Å². The number of benzene rings is 2. The largest absolute Gasteiger partial charge is 0.371 e. The standard InChI is InChI=1S/C18H16F2N4O2/c19-13-5-11(9-21)6-14(8-13)23-18(25)24-16-2-1-12(7-15(16)20)17-10-22-3-4-26-17/h1-2,5-8,17,22H,3-4,10H2,(H2,23,24,25)/t17-/m0/s1. The average Bonchev–Trinajstić information content (AvgIpc) is 2.63. The summed E-state index contributed by atoms with van der Waals surface area (Å²) in [5.41, 5.74) is 0.811. The zero-order valence-corrected chi connectivity index (χ0v) is 13.7. The topological polar surface area (TPSA) is 86.2 Å². The highest BCUT2D eigenvalue weighted by Crippen LogP contribution is 2.24. The van der Waals surface area contributed by atoms with Crippen molar-refractivity contribution in [3.63, 3.8) is 0 Å². The van der Waals surface area contributed by atoms with E-state index in [-0.39, 0.29) is 23.0 Å². The summed E-state index contributed by atoms with van der Waals surface area (Å²) < 4.78 is 33.2. The lowest BCUT2D eigenvalue weighted by Crippen LogP contribution is -2.33. The van der Waals surface area contributed by atoms with Gasteiger partial charge in [0.25, 0.3) is 0 Å². The number of hydrogen-bond acceptors (Lipinski definition) is 4. The summed E-state index contributed by atoms with van der Waals surface area (Å²) in [4.78, 5) is 12.0. The fourth-order valence-electron chi connectivity index (χ4n) is 2.62. The van der Waals surface area contributed by atoms with Gasteiger partial charge >= 0.3 is 6.03 Å². The van der Waals surface area contributed by atoms with Crippen molar-refractivity contribution in [2.45, 2.75) is 6.10 Å². The average molecular weight is 358 g/mol. The SMILES string of the molecule is N#Cc1cc(F)cc(NC(=O)Nc2ccc([C@@H]3CNCCO3)cc2F)c1. The molecule has 0 aromatic heterocycles. The van der Waals surface area contributed by atoms with Gasteiger partial charge in [0, 0.05) is 18.8 Å². The minimum absolute atomic E-state index is 0.0214. The van der Waals surface area contributed by atoms with E-state index in [0.717, 1.165) is 18.7 Å². The summed E-state index contributed by atoms with van der Waals surface area (Å²) in [6.07, 6.45) is -0.238. The van der Waals surface area contributed by atoms with Crippen molar-refractivity contribution in [3.8, 4) is 6.07 Å². The molecule has 0 spiro atoms. The van der Waals surface area contributed by atoms with E-state index in [1.807, 2.05) is 0 Å². The molecule has 2 aromatic rings. The Morgan fingerprint density at radius 3 is 2.77 bits per heavy atom. The second-order valence-corrected chi connectivity index (χ2v) is 5.72. The molecule has 1 aliphatic rings. The third-order valence-corrected chi connectivity index (χ3v) is 3.83. The summed E-state index contributed by atoms with van der Waals surface area (Å²) in [6, 6.07) is 8.88. The maximum atomic E-state index is 14.3. The van der Waals surface area contributed by atoms with Crippen LogP contribution in [0.4, 0.5) is 25.0 Å². The van der Waals surface area contributed by atoms with Gasteiger partial charge in [0.15, 0.2) is 0 Å². The quantitative estimate of drug-likeness (QED) is 0.787. The van der Waals surface area contributed by atoms with Gasteiger partial charge < -0.3 is 20.7 Å². The Kier molecular flexibility index (Phi) is 5.41. The zero-order chi connectivity index (χ0) is 18.5. The molecule has 3 N–H and O–H groups in total. The first-order valence-electron chi connectivity index (χ1n) is 7.95. The number of ether oxygens (including phenoxy) is 1. The smallest absolute Gasteiger partial charge is 0.323 e. The highest BCUT2D eigenvalue weighted by molar-refractivity contribution is 5.99. The van der Waals surface area contributed by atoms with E-state index in [1.54, 1.807) is 12.1 Å². The molecular weight excluding hydrogens is 342 g/mol. The Labute approximate surface area is 148 Å². The molecule has 2 aromatic carbocycles. The van der Waals surface area contributed by atoms with E-state index < -0.39 is 17.7 Å². The number of carbonyl (C=O) groups excluding carboxylic acids is 1. The molecule has 1 fully saturated rings. The van der Waals surface area contributed by atoms with E-state index in [4.69, 9.17) is 10.00 Å². The Morgan fingerprint density at radius 1 is 1.23 bits per heavy atom. The number of rotatable bonds is 3. The van der Waals surface area contributed by atoms with E-state index in [0.29, 0.717) is 18.7 Å². The van der Waals surface area contributed by atoms with Crippen LogP contribution in [-0.2, 0) is 4.74 Å². The molecule has 0 saturated carbocycles. The first-order valence-corrected chi connectivity index (χ1v) is 7.95. The van der Waals surface area contributed by atoms with E-state index >= 15 is 0 Å². The van der Waals surface area contributed by atoms with E-state index in [2.05, 4.69) is 16.0 Å². The van der Waals surface area contributed by atoms with Crippen LogP contribution in [0.2, 0.25) is 0 Å². The zero-order valence-electron chi connectivity index (χ0n) is 13.7. The summed E-state index contributed by atoms with van der Waals surface area (Å²) in [7, 11) is 0. The third kappa shape index (κ3) is 4.33. The predicted molar refractivity (Wildman–Crippen MR) is 91.7 cm³/mol. The normalized spacial score (nSPS) is 16.6. The van der Waals surface area contributed by atoms with Crippen LogP contribution in [0.5, 0.6) is 0 Å². The summed E-state index contributed by atoms with van der Waals surface area (Å²) in [6.45, 7) is 1.90. The number of halogens is 2. The number of amides is 2. The van der Waals surface area contributed by atoms with Crippen molar-refractivity contribution in [1.29, 1.82) is 5.26 Å². The van der Waals surface area contributed by atoms with Gasteiger partial charge in [-0.05, 0) is 35.9 Å². The molecule has 0 aliphatic carbocycles. The molecule has 1 atom stereocenters. The van der Waals surface area contributed by atoms with Crippen LogP contribution in [0.1, 0.15) is 17.2 Å². The van der Waals surface area contributed by atoms with E-state index in [1.165, 1.54) is 18.2 Å². The van der Waals surface area contributed by atoms with Gasteiger partial charge in [-0.2, -0.15) is 5.26 Å². The molecule has 6 nitrogen and oxygen atoms in total. The second kappa shape index (κ2) is 7.91. The third-order valence-electron chi connectivity index (χ3n) is 3.83. The lowest BCUT2D eigenvalue weighted by Gasteiger charge is -2.24. The van der Waals surface area contributed by atoms with Crippen molar-refractivity contribution in [2.24, 2.45) is 0 Å². The number of carbonyl (C=O) groups is 1. The molecule has 8 heteroatoms. The number of nitrogens with one attached hydrogen (secondary N) is 3. The van der Waals surface area contributed by atoms with Gasteiger partial charge in [-0.1, -0.05) is 6.07 Å². The minimum atomic E-state index is -0.748. The van der Waals surface area contributed by atoms with Crippen LogP contribution in [0.25, 0.3) is 0 Å². The van der Waals surface area contributed by atoms with Crippen molar-refractivity contribution >= 4 is 17.4 Å². The maximum absolute atomic E-state index is 14.3. The number of nitrogens with zero attached hydrogens (tertiary/aromatic N) is 1. The lowest BCUT2D eigenvalue weighted by atomic mass is 10.1. The molecule has 2 amide bonds. The van der Waals surface area contributed by atoms with Crippen LogP contribution in [-0.4, -0.2) is 25.7 Å². The number of anilines is 2.